The van der Waals surface area contributed by atoms with Crippen LogP contribution in [0.2, 0.25) is 0 Å². The summed E-state index contributed by atoms with van der Waals surface area (Å²) in [5.74, 6) is 1.68. The highest BCUT2D eigenvalue weighted by Crippen LogP contribution is 2.42. The Morgan fingerprint density at radius 1 is 1.28 bits per heavy atom. The van der Waals surface area contributed by atoms with E-state index in [2.05, 4.69) is 25.8 Å². The third kappa shape index (κ3) is 4.27. The van der Waals surface area contributed by atoms with Gasteiger partial charge in [0.2, 0.25) is 5.43 Å². The topological polar surface area (TPSA) is 77.0 Å². The number of nitrogens with one attached hydrogen (secondary N) is 1. The van der Waals surface area contributed by atoms with Crippen LogP contribution in [0.5, 0.6) is 5.75 Å². The molecule has 0 fully saturated rings. The van der Waals surface area contributed by atoms with Crippen LogP contribution in [0.1, 0.15) is 69.4 Å². The van der Waals surface area contributed by atoms with Gasteiger partial charge in [0.25, 0.3) is 5.56 Å². The molecule has 1 N–H and O–H groups in total. The smallest absolute Gasteiger partial charge is 0.262 e. The fraction of sp³-hybridized carbons (Fsp3) is 0.560. The maximum atomic E-state index is 13.6. The van der Waals surface area contributed by atoms with Crippen molar-refractivity contribution in [2.24, 2.45) is 11.3 Å². The van der Waals surface area contributed by atoms with Crippen LogP contribution >= 0.6 is 11.3 Å². The molecule has 0 aromatic carbocycles. The molecule has 1 unspecified atom stereocenters. The summed E-state index contributed by atoms with van der Waals surface area (Å²) in [5, 5.41) is 0.778. The van der Waals surface area contributed by atoms with Crippen LogP contribution in [0.25, 0.3) is 10.2 Å². The fourth-order valence-corrected chi connectivity index (χ4v) is 5.87. The van der Waals surface area contributed by atoms with Crippen molar-refractivity contribution < 1.29 is 4.74 Å². The highest BCUT2D eigenvalue weighted by molar-refractivity contribution is 7.18. The number of H-pyrrole nitrogens is 1. The zero-order valence-corrected chi connectivity index (χ0v) is 20.5. The molecule has 3 aromatic heterocycles. The number of ether oxygens (including phenoxy) is 1. The van der Waals surface area contributed by atoms with Crippen LogP contribution in [0.15, 0.2) is 21.9 Å². The quantitative estimate of drug-likeness (QED) is 0.585. The van der Waals surface area contributed by atoms with Gasteiger partial charge in [-0.2, -0.15) is 0 Å². The van der Waals surface area contributed by atoms with Crippen molar-refractivity contribution >= 4 is 21.6 Å². The van der Waals surface area contributed by atoms with E-state index in [9.17, 15) is 9.59 Å². The third-order valence-electron chi connectivity index (χ3n) is 6.52. The fourth-order valence-electron chi connectivity index (χ4n) is 4.56. The SMILES string of the molecule is CCCOc1c[nH]c(Cn2c(CC)nc3sc4c(c3c2=O)CCC(C(C)(C)C)C4)cc1=O. The molecule has 1 aliphatic rings. The minimum atomic E-state index is -0.173. The van der Waals surface area contributed by atoms with Gasteiger partial charge >= 0.3 is 0 Å². The van der Waals surface area contributed by atoms with Crippen molar-refractivity contribution in [1.82, 2.24) is 14.5 Å². The van der Waals surface area contributed by atoms with Crippen molar-refractivity contribution in [3.8, 4) is 5.75 Å². The molecule has 0 saturated heterocycles. The lowest BCUT2D eigenvalue weighted by molar-refractivity contribution is 0.218. The van der Waals surface area contributed by atoms with Gasteiger partial charge in [0.15, 0.2) is 5.75 Å². The molecule has 3 heterocycles. The Hall–Kier alpha value is -2.41. The molecular formula is C25H33N3O3S. The number of pyridine rings is 1. The zero-order valence-electron chi connectivity index (χ0n) is 19.7. The van der Waals surface area contributed by atoms with Crippen LogP contribution in [-0.4, -0.2) is 21.1 Å². The van der Waals surface area contributed by atoms with Crippen LogP contribution in [0.3, 0.4) is 0 Å². The normalized spacial score (nSPS) is 16.3. The van der Waals surface area contributed by atoms with E-state index in [-0.39, 0.29) is 16.4 Å². The van der Waals surface area contributed by atoms with Crippen LogP contribution in [0.4, 0.5) is 0 Å². The first-order chi connectivity index (χ1) is 15.2. The Labute approximate surface area is 192 Å². The Bertz CT molecular complexity index is 1250. The second kappa shape index (κ2) is 8.85. The number of aromatic amines is 1. The number of thiophene rings is 1. The van der Waals surface area contributed by atoms with E-state index < -0.39 is 0 Å². The monoisotopic (exact) mass is 455 g/mol. The Balaban J connectivity index is 1.73. The molecule has 0 radical (unpaired) electrons. The summed E-state index contributed by atoms with van der Waals surface area (Å²) >= 11 is 1.69. The van der Waals surface area contributed by atoms with Crippen molar-refractivity contribution in [2.75, 3.05) is 6.61 Å². The summed E-state index contributed by atoms with van der Waals surface area (Å²) in [7, 11) is 0. The lowest BCUT2D eigenvalue weighted by atomic mass is 9.72. The van der Waals surface area contributed by atoms with E-state index in [1.807, 2.05) is 13.8 Å². The van der Waals surface area contributed by atoms with Gasteiger partial charge in [-0.15, -0.1) is 11.3 Å². The highest BCUT2D eigenvalue weighted by Gasteiger charge is 2.32. The molecule has 1 atom stereocenters. The van der Waals surface area contributed by atoms with Crippen molar-refractivity contribution in [2.45, 2.75) is 73.3 Å². The second-order valence-corrected chi connectivity index (χ2v) is 10.9. The van der Waals surface area contributed by atoms with E-state index in [1.165, 1.54) is 16.5 Å². The van der Waals surface area contributed by atoms with Crippen LogP contribution in [-0.2, 0) is 25.8 Å². The van der Waals surface area contributed by atoms with E-state index in [1.54, 1.807) is 22.1 Å². The molecule has 7 heteroatoms. The second-order valence-electron chi connectivity index (χ2n) is 9.80. The number of hydrogen-bond acceptors (Lipinski definition) is 5. The van der Waals surface area contributed by atoms with Gasteiger partial charge in [0.05, 0.1) is 18.5 Å². The molecule has 4 rings (SSSR count). The minimum absolute atomic E-state index is 0.00529. The standard InChI is InChI=1S/C25H33N3O3S/c1-6-10-31-19-13-26-16(12-18(19)29)14-28-21(7-2)27-23-22(24(28)30)17-9-8-15(25(3,4)5)11-20(17)32-23/h12-13,15H,6-11,14H2,1-5H3,(H,26,29). The van der Waals surface area contributed by atoms with Gasteiger partial charge in [-0.1, -0.05) is 34.6 Å². The molecule has 32 heavy (non-hydrogen) atoms. The summed E-state index contributed by atoms with van der Waals surface area (Å²) in [5.41, 5.74) is 1.96. The largest absolute Gasteiger partial charge is 0.488 e. The van der Waals surface area contributed by atoms with Gasteiger partial charge in [-0.3, -0.25) is 14.2 Å². The Morgan fingerprint density at radius 2 is 2.06 bits per heavy atom. The predicted molar refractivity (Wildman–Crippen MR) is 130 cm³/mol. The number of fused-ring (bicyclic) bond motifs is 3. The van der Waals surface area contributed by atoms with Crippen molar-refractivity contribution in [3.05, 3.63) is 54.8 Å². The molecule has 0 saturated carbocycles. The number of hydrogen-bond donors (Lipinski definition) is 1. The Morgan fingerprint density at radius 3 is 2.72 bits per heavy atom. The molecule has 0 spiro atoms. The summed E-state index contributed by atoms with van der Waals surface area (Å²) < 4.78 is 7.20. The number of aryl methyl sites for hydroxylation is 2. The number of nitrogens with zero attached hydrogens (tertiary/aromatic N) is 2. The van der Waals surface area contributed by atoms with Gasteiger partial charge in [0, 0.05) is 29.3 Å². The maximum absolute atomic E-state index is 13.6. The summed E-state index contributed by atoms with van der Waals surface area (Å²) in [6.07, 6.45) is 6.13. The number of rotatable bonds is 6. The molecule has 3 aromatic rings. The predicted octanol–water partition coefficient (Wildman–Crippen LogP) is 4.70. The van der Waals surface area contributed by atoms with Gasteiger partial charge in [0.1, 0.15) is 10.7 Å². The van der Waals surface area contributed by atoms with E-state index >= 15 is 0 Å². The van der Waals surface area contributed by atoms with Crippen molar-refractivity contribution in [1.29, 1.82) is 0 Å². The lowest BCUT2D eigenvalue weighted by Crippen LogP contribution is -2.28. The highest BCUT2D eigenvalue weighted by atomic mass is 32.1. The summed E-state index contributed by atoms with van der Waals surface area (Å²) in [6, 6.07) is 1.53. The van der Waals surface area contributed by atoms with E-state index in [4.69, 9.17) is 9.72 Å². The first-order valence-electron chi connectivity index (χ1n) is 11.6. The third-order valence-corrected chi connectivity index (χ3v) is 7.66. The van der Waals surface area contributed by atoms with Gasteiger partial charge in [-0.25, -0.2) is 4.98 Å². The average molecular weight is 456 g/mol. The van der Waals surface area contributed by atoms with Gasteiger partial charge in [-0.05, 0) is 42.6 Å². The molecule has 1 aliphatic carbocycles. The average Bonchev–Trinajstić information content (AvgIpc) is 3.12. The molecular weight excluding hydrogens is 422 g/mol. The van der Waals surface area contributed by atoms with Crippen LogP contribution in [0, 0.1) is 11.3 Å². The first kappa shape index (κ1) is 22.8. The van der Waals surface area contributed by atoms with Crippen LogP contribution < -0.4 is 15.7 Å². The summed E-state index contributed by atoms with van der Waals surface area (Å²) in [4.78, 5) is 36.2. The summed E-state index contributed by atoms with van der Waals surface area (Å²) in [6.45, 7) is 11.7. The minimum Gasteiger partial charge on any atom is -0.488 e. The lowest BCUT2D eigenvalue weighted by Gasteiger charge is -2.33. The Kier molecular flexibility index (Phi) is 6.30. The van der Waals surface area contributed by atoms with Gasteiger partial charge < -0.3 is 9.72 Å². The number of aromatic nitrogens is 3. The molecule has 0 bridgehead atoms. The van der Waals surface area contributed by atoms with Crippen molar-refractivity contribution in [3.63, 3.8) is 0 Å². The zero-order chi connectivity index (χ0) is 23.0. The molecule has 6 nitrogen and oxygen atoms in total. The van der Waals surface area contributed by atoms with E-state index in [0.717, 1.165) is 41.7 Å². The maximum Gasteiger partial charge on any atom is 0.262 e. The first-order valence-corrected chi connectivity index (χ1v) is 12.4. The molecule has 0 aliphatic heterocycles. The van der Waals surface area contributed by atoms with E-state index in [0.29, 0.717) is 36.9 Å². The molecule has 0 amide bonds. The molecule has 172 valence electrons.